The highest BCUT2D eigenvalue weighted by atomic mass is 35.5. The van der Waals surface area contributed by atoms with Crippen LogP contribution in [0.5, 0.6) is 0 Å². The summed E-state index contributed by atoms with van der Waals surface area (Å²) < 4.78 is 12.8. The van der Waals surface area contributed by atoms with Crippen LogP contribution in [0.3, 0.4) is 0 Å². The van der Waals surface area contributed by atoms with E-state index in [0.717, 1.165) is 5.56 Å². The average Bonchev–Trinajstić information content (AvgIpc) is 2.15. The number of halogens is 2. The summed E-state index contributed by atoms with van der Waals surface area (Å²) in [5.74, 6) is -0.455. The van der Waals surface area contributed by atoms with Gasteiger partial charge in [0, 0.05) is 10.6 Å². The SMILES string of the molecule is CC.Cc1cc(CO)c(F)cc1Cl. The van der Waals surface area contributed by atoms with Crippen LogP contribution in [0, 0.1) is 12.7 Å². The summed E-state index contributed by atoms with van der Waals surface area (Å²) in [5.41, 5.74) is 1.06. The van der Waals surface area contributed by atoms with Crippen LogP contribution in [0.1, 0.15) is 25.0 Å². The first-order chi connectivity index (χ1) is 6.15. The first-order valence-electron chi connectivity index (χ1n) is 4.20. The Bertz CT molecular complexity index is 274. The molecule has 3 heteroatoms. The van der Waals surface area contributed by atoms with E-state index in [9.17, 15) is 4.39 Å². The van der Waals surface area contributed by atoms with Gasteiger partial charge in [-0.15, -0.1) is 0 Å². The Balaban J connectivity index is 0.000000671. The lowest BCUT2D eigenvalue weighted by molar-refractivity contribution is 0.275. The zero-order valence-electron chi connectivity index (χ0n) is 8.06. The molecule has 1 aromatic rings. The Morgan fingerprint density at radius 1 is 1.38 bits per heavy atom. The number of aliphatic hydroxyl groups excluding tert-OH is 1. The third-order valence-electron chi connectivity index (χ3n) is 1.50. The van der Waals surface area contributed by atoms with E-state index in [1.165, 1.54) is 12.1 Å². The average molecular weight is 205 g/mol. The van der Waals surface area contributed by atoms with Crippen molar-refractivity contribution in [3.8, 4) is 0 Å². The predicted octanol–water partition coefficient (Wildman–Crippen LogP) is 3.31. The number of aryl methyl sites for hydroxylation is 1. The predicted molar refractivity (Wildman–Crippen MR) is 53.4 cm³/mol. The van der Waals surface area contributed by atoms with Gasteiger partial charge in [-0.05, 0) is 24.6 Å². The van der Waals surface area contributed by atoms with Gasteiger partial charge in [-0.2, -0.15) is 0 Å². The van der Waals surface area contributed by atoms with E-state index in [4.69, 9.17) is 16.7 Å². The fraction of sp³-hybridized carbons (Fsp3) is 0.400. The maximum Gasteiger partial charge on any atom is 0.130 e. The summed E-state index contributed by atoms with van der Waals surface area (Å²) in [6.07, 6.45) is 0. The third kappa shape index (κ3) is 3.33. The normalized spacial score (nSPS) is 9.08. The van der Waals surface area contributed by atoms with Crippen molar-refractivity contribution in [2.24, 2.45) is 0 Å². The minimum absolute atomic E-state index is 0.284. The van der Waals surface area contributed by atoms with Crippen LogP contribution in [0.4, 0.5) is 4.39 Å². The molecule has 0 atom stereocenters. The number of benzene rings is 1. The van der Waals surface area contributed by atoms with Crippen LogP contribution in [-0.4, -0.2) is 5.11 Å². The zero-order chi connectivity index (χ0) is 10.4. The van der Waals surface area contributed by atoms with E-state index in [1.807, 2.05) is 13.8 Å². The molecule has 0 aromatic heterocycles. The van der Waals surface area contributed by atoms with Crippen molar-refractivity contribution in [3.05, 3.63) is 34.1 Å². The fourth-order valence-corrected chi connectivity index (χ4v) is 0.989. The second-order valence-corrected chi connectivity index (χ2v) is 2.76. The summed E-state index contributed by atoms with van der Waals surface area (Å²) in [6.45, 7) is 5.48. The molecule has 0 amide bonds. The fourth-order valence-electron chi connectivity index (χ4n) is 0.838. The Kier molecular flexibility index (Phi) is 5.67. The molecule has 1 N–H and O–H groups in total. The maximum atomic E-state index is 12.8. The summed E-state index contributed by atoms with van der Waals surface area (Å²) >= 11 is 5.62. The highest BCUT2D eigenvalue weighted by Gasteiger charge is 2.03. The molecule has 1 nitrogen and oxygen atoms in total. The van der Waals surface area contributed by atoms with Crippen molar-refractivity contribution < 1.29 is 9.50 Å². The standard InChI is InChI=1S/C8H8ClFO.C2H6/c1-5-2-6(4-11)8(10)3-7(5)9;1-2/h2-3,11H,4H2,1H3;1-2H3. The van der Waals surface area contributed by atoms with Gasteiger partial charge in [0.25, 0.3) is 0 Å². The lowest BCUT2D eigenvalue weighted by Gasteiger charge is -2.02. The van der Waals surface area contributed by atoms with E-state index in [0.29, 0.717) is 5.02 Å². The molecule has 0 aliphatic heterocycles. The van der Waals surface area contributed by atoms with Gasteiger partial charge in [-0.1, -0.05) is 25.4 Å². The summed E-state index contributed by atoms with van der Waals surface area (Å²) in [7, 11) is 0. The third-order valence-corrected chi connectivity index (χ3v) is 1.91. The first-order valence-corrected chi connectivity index (χ1v) is 4.58. The van der Waals surface area contributed by atoms with Gasteiger partial charge in [-0.3, -0.25) is 0 Å². The molecule has 13 heavy (non-hydrogen) atoms. The molecule has 0 spiro atoms. The van der Waals surface area contributed by atoms with Gasteiger partial charge < -0.3 is 5.11 Å². The molecule has 74 valence electrons. The van der Waals surface area contributed by atoms with Crippen LogP contribution < -0.4 is 0 Å². The first kappa shape index (κ1) is 12.4. The van der Waals surface area contributed by atoms with Gasteiger partial charge in [0.1, 0.15) is 5.82 Å². The molecule has 0 saturated heterocycles. The van der Waals surface area contributed by atoms with Crippen molar-refractivity contribution in [3.63, 3.8) is 0 Å². The highest BCUT2D eigenvalue weighted by molar-refractivity contribution is 6.31. The Morgan fingerprint density at radius 2 is 1.92 bits per heavy atom. The highest BCUT2D eigenvalue weighted by Crippen LogP contribution is 2.19. The van der Waals surface area contributed by atoms with Gasteiger partial charge in [0.15, 0.2) is 0 Å². The second-order valence-electron chi connectivity index (χ2n) is 2.35. The van der Waals surface area contributed by atoms with E-state index in [1.54, 1.807) is 6.92 Å². The van der Waals surface area contributed by atoms with Crippen LogP contribution in [-0.2, 0) is 6.61 Å². The van der Waals surface area contributed by atoms with Crippen LogP contribution in [0.25, 0.3) is 0 Å². The van der Waals surface area contributed by atoms with Gasteiger partial charge in [-0.25, -0.2) is 4.39 Å². The molecule has 0 saturated carbocycles. The number of aliphatic hydroxyl groups is 1. The molecule has 0 aliphatic rings. The molecule has 0 fully saturated rings. The van der Waals surface area contributed by atoms with Crippen molar-refractivity contribution in [2.75, 3.05) is 0 Å². The molecule has 0 heterocycles. The molecular formula is C10H14ClFO. The number of hydrogen-bond donors (Lipinski definition) is 1. The molecular weight excluding hydrogens is 191 g/mol. The van der Waals surface area contributed by atoms with E-state index < -0.39 is 5.82 Å². The number of rotatable bonds is 1. The van der Waals surface area contributed by atoms with Crippen molar-refractivity contribution in [2.45, 2.75) is 27.4 Å². The summed E-state index contributed by atoms with van der Waals surface area (Å²) in [6, 6.07) is 2.75. The Morgan fingerprint density at radius 3 is 2.38 bits per heavy atom. The van der Waals surface area contributed by atoms with Crippen LogP contribution >= 0.6 is 11.6 Å². The van der Waals surface area contributed by atoms with Gasteiger partial charge in [0.2, 0.25) is 0 Å². The summed E-state index contributed by atoms with van der Waals surface area (Å²) in [4.78, 5) is 0. The largest absolute Gasteiger partial charge is 0.392 e. The van der Waals surface area contributed by atoms with Gasteiger partial charge in [0.05, 0.1) is 6.61 Å². The topological polar surface area (TPSA) is 20.2 Å². The molecule has 0 aliphatic carbocycles. The monoisotopic (exact) mass is 204 g/mol. The molecule has 1 aromatic carbocycles. The smallest absolute Gasteiger partial charge is 0.130 e. The minimum Gasteiger partial charge on any atom is -0.392 e. The minimum atomic E-state index is -0.455. The quantitative estimate of drug-likeness (QED) is 0.744. The lowest BCUT2D eigenvalue weighted by Crippen LogP contribution is -1.90. The molecule has 1 rings (SSSR count). The summed E-state index contributed by atoms with van der Waals surface area (Å²) in [5, 5.41) is 9.04. The molecule has 0 unspecified atom stereocenters. The van der Waals surface area contributed by atoms with Crippen molar-refractivity contribution in [1.82, 2.24) is 0 Å². The zero-order valence-corrected chi connectivity index (χ0v) is 8.82. The second kappa shape index (κ2) is 5.95. The lowest BCUT2D eigenvalue weighted by atomic mass is 10.1. The molecule has 0 radical (unpaired) electrons. The van der Waals surface area contributed by atoms with E-state index in [-0.39, 0.29) is 12.2 Å². The van der Waals surface area contributed by atoms with Crippen LogP contribution in [0.15, 0.2) is 12.1 Å². The Labute approximate surface area is 83.2 Å². The van der Waals surface area contributed by atoms with E-state index in [2.05, 4.69) is 0 Å². The van der Waals surface area contributed by atoms with Crippen LogP contribution in [0.2, 0.25) is 5.02 Å². The van der Waals surface area contributed by atoms with Crippen molar-refractivity contribution >= 4 is 11.6 Å². The number of hydrogen-bond acceptors (Lipinski definition) is 1. The van der Waals surface area contributed by atoms with Gasteiger partial charge >= 0.3 is 0 Å². The van der Waals surface area contributed by atoms with Crippen molar-refractivity contribution in [1.29, 1.82) is 0 Å². The van der Waals surface area contributed by atoms with E-state index >= 15 is 0 Å². The maximum absolute atomic E-state index is 12.8. The Hall–Kier alpha value is -0.600. The molecule has 0 bridgehead atoms.